The Morgan fingerprint density at radius 3 is 2.65 bits per heavy atom. The molecule has 3 amide bonds. The Labute approximate surface area is 117 Å². The average Bonchev–Trinajstić information content (AvgIpc) is 2.62. The fourth-order valence-corrected chi connectivity index (χ4v) is 2.75. The molecule has 0 aliphatic carbocycles. The highest BCUT2D eigenvalue weighted by Crippen LogP contribution is 2.30. The van der Waals surface area contributed by atoms with Gasteiger partial charge in [-0.2, -0.15) is 0 Å². The van der Waals surface area contributed by atoms with Gasteiger partial charge in [0.1, 0.15) is 6.54 Å². The molecule has 1 unspecified atom stereocenters. The zero-order chi connectivity index (χ0) is 14.8. The first kappa shape index (κ1) is 14.6. The topological polar surface area (TPSA) is 89.9 Å². The minimum absolute atomic E-state index is 0.0547. The highest BCUT2D eigenvalue weighted by atomic mass is 16.4. The Morgan fingerprint density at radius 2 is 1.95 bits per heavy atom. The summed E-state index contributed by atoms with van der Waals surface area (Å²) in [7, 11) is 0. The number of carboxylic acids is 1. The molecule has 2 N–H and O–H groups in total. The number of piperidine rings is 1. The van der Waals surface area contributed by atoms with Gasteiger partial charge < -0.3 is 20.2 Å². The first-order valence-corrected chi connectivity index (χ1v) is 6.96. The van der Waals surface area contributed by atoms with Crippen LogP contribution in [0.15, 0.2) is 0 Å². The van der Waals surface area contributed by atoms with Gasteiger partial charge in [-0.25, -0.2) is 4.79 Å². The zero-order valence-corrected chi connectivity index (χ0v) is 11.7. The molecule has 0 radical (unpaired) electrons. The van der Waals surface area contributed by atoms with E-state index in [1.165, 1.54) is 4.90 Å². The lowest BCUT2D eigenvalue weighted by Crippen LogP contribution is -2.53. The number of carboxylic acid groups (broad SMARTS) is 1. The molecule has 112 valence electrons. The Kier molecular flexibility index (Phi) is 4.15. The van der Waals surface area contributed by atoms with Gasteiger partial charge in [0.25, 0.3) is 0 Å². The quantitative estimate of drug-likeness (QED) is 0.715. The highest BCUT2D eigenvalue weighted by Gasteiger charge is 2.40. The molecular formula is C13H21N3O4. The summed E-state index contributed by atoms with van der Waals surface area (Å²) in [6.07, 6.45) is 1.97. The van der Waals surface area contributed by atoms with Crippen molar-refractivity contribution >= 4 is 17.9 Å². The van der Waals surface area contributed by atoms with Gasteiger partial charge in [-0.15, -0.1) is 0 Å². The van der Waals surface area contributed by atoms with Crippen LogP contribution in [0.3, 0.4) is 0 Å². The summed E-state index contributed by atoms with van der Waals surface area (Å²) in [6.45, 7) is 3.59. The van der Waals surface area contributed by atoms with Crippen molar-refractivity contribution in [3.63, 3.8) is 0 Å². The molecule has 20 heavy (non-hydrogen) atoms. The molecule has 0 saturated carbocycles. The summed E-state index contributed by atoms with van der Waals surface area (Å²) in [6, 6.07) is -0.228. The van der Waals surface area contributed by atoms with Crippen molar-refractivity contribution in [1.82, 2.24) is 15.1 Å². The highest BCUT2D eigenvalue weighted by molar-refractivity contribution is 5.85. The van der Waals surface area contributed by atoms with Crippen LogP contribution in [0, 0.1) is 5.41 Å². The molecule has 2 aliphatic rings. The van der Waals surface area contributed by atoms with E-state index in [4.69, 9.17) is 0 Å². The minimum atomic E-state index is -0.887. The maximum Gasteiger partial charge on any atom is 0.320 e. The Hall–Kier alpha value is -1.79. The molecule has 0 aromatic heterocycles. The molecule has 1 atom stereocenters. The summed E-state index contributed by atoms with van der Waals surface area (Å²) >= 11 is 0. The second-order valence-electron chi connectivity index (χ2n) is 5.80. The first-order chi connectivity index (χ1) is 9.42. The van der Waals surface area contributed by atoms with Crippen molar-refractivity contribution in [2.24, 2.45) is 5.41 Å². The molecule has 2 aliphatic heterocycles. The molecule has 7 nitrogen and oxygen atoms in total. The number of carbonyl (C=O) groups excluding carboxylic acids is 2. The Balaban J connectivity index is 2.04. The monoisotopic (exact) mass is 283 g/mol. The number of aliphatic carboxylic acids is 1. The molecule has 2 saturated heterocycles. The van der Waals surface area contributed by atoms with Crippen LogP contribution >= 0.6 is 0 Å². The summed E-state index contributed by atoms with van der Waals surface area (Å²) < 4.78 is 0. The molecule has 0 spiro atoms. The van der Waals surface area contributed by atoms with Crippen LogP contribution in [0.2, 0.25) is 0 Å². The van der Waals surface area contributed by atoms with Gasteiger partial charge in [0.15, 0.2) is 0 Å². The molecule has 2 rings (SSSR count). The summed E-state index contributed by atoms with van der Waals surface area (Å²) in [5.41, 5.74) is -0.887. The lowest BCUT2D eigenvalue weighted by atomic mass is 9.82. The molecular weight excluding hydrogens is 262 g/mol. The maximum absolute atomic E-state index is 12.4. The van der Waals surface area contributed by atoms with Crippen LogP contribution in [0.5, 0.6) is 0 Å². The van der Waals surface area contributed by atoms with E-state index >= 15 is 0 Å². The van der Waals surface area contributed by atoms with E-state index in [0.29, 0.717) is 32.5 Å². The molecule has 2 fully saturated rings. The number of nitrogens with zero attached hydrogens (tertiary/aromatic N) is 2. The van der Waals surface area contributed by atoms with Gasteiger partial charge >= 0.3 is 12.0 Å². The SMILES string of the molecule is CC1(C(=O)O)CCCN(C(=O)N2CCCNC(=O)C2)C1. The third-order valence-electron chi connectivity index (χ3n) is 4.02. The van der Waals surface area contributed by atoms with E-state index in [2.05, 4.69) is 5.32 Å². The van der Waals surface area contributed by atoms with Gasteiger partial charge in [-0.1, -0.05) is 0 Å². The van der Waals surface area contributed by atoms with Crippen LogP contribution < -0.4 is 5.32 Å². The Morgan fingerprint density at radius 1 is 1.25 bits per heavy atom. The lowest BCUT2D eigenvalue weighted by Gasteiger charge is -2.39. The summed E-state index contributed by atoms with van der Waals surface area (Å²) in [4.78, 5) is 38.3. The zero-order valence-electron chi connectivity index (χ0n) is 11.7. The largest absolute Gasteiger partial charge is 0.481 e. The van der Waals surface area contributed by atoms with E-state index in [0.717, 1.165) is 6.42 Å². The average molecular weight is 283 g/mol. The molecule has 2 heterocycles. The molecule has 0 aromatic rings. The van der Waals surface area contributed by atoms with Crippen molar-refractivity contribution in [2.75, 3.05) is 32.7 Å². The van der Waals surface area contributed by atoms with Crippen LogP contribution in [0.1, 0.15) is 26.2 Å². The van der Waals surface area contributed by atoms with Crippen molar-refractivity contribution in [3.8, 4) is 0 Å². The summed E-state index contributed by atoms with van der Waals surface area (Å²) in [5, 5.41) is 12.0. The van der Waals surface area contributed by atoms with Crippen molar-refractivity contribution in [1.29, 1.82) is 0 Å². The van der Waals surface area contributed by atoms with Gasteiger partial charge in [0, 0.05) is 26.2 Å². The third-order valence-corrected chi connectivity index (χ3v) is 4.02. The number of hydrogen-bond acceptors (Lipinski definition) is 3. The second-order valence-corrected chi connectivity index (χ2v) is 5.80. The number of rotatable bonds is 1. The predicted octanol–water partition coefficient (Wildman–Crippen LogP) is 0.115. The number of urea groups is 1. The van der Waals surface area contributed by atoms with E-state index in [1.807, 2.05) is 0 Å². The fraction of sp³-hybridized carbons (Fsp3) is 0.769. The standard InChI is InChI=1S/C13H21N3O4/c1-13(11(18)19)4-2-6-16(9-13)12(20)15-7-3-5-14-10(17)8-15/h2-9H2,1H3,(H,14,17)(H,18,19). The van der Waals surface area contributed by atoms with Gasteiger partial charge in [-0.05, 0) is 26.2 Å². The Bertz CT molecular complexity index is 426. The normalized spacial score (nSPS) is 27.8. The summed E-state index contributed by atoms with van der Waals surface area (Å²) in [5.74, 6) is -1.03. The van der Waals surface area contributed by atoms with E-state index in [9.17, 15) is 19.5 Å². The third kappa shape index (κ3) is 3.02. The van der Waals surface area contributed by atoms with Crippen molar-refractivity contribution in [2.45, 2.75) is 26.2 Å². The number of carbonyl (C=O) groups is 3. The van der Waals surface area contributed by atoms with Crippen LogP contribution in [0.25, 0.3) is 0 Å². The number of likely N-dealkylation sites (tertiary alicyclic amines) is 1. The number of amides is 3. The maximum atomic E-state index is 12.4. The van der Waals surface area contributed by atoms with Gasteiger partial charge in [0.05, 0.1) is 5.41 Å². The van der Waals surface area contributed by atoms with E-state index in [1.54, 1.807) is 11.8 Å². The van der Waals surface area contributed by atoms with Gasteiger partial charge in [0.2, 0.25) is 5.91 Å². The molecule has 0 aromatic carbocycles. The van der Waals surface area contributed by atoms with Crippen LogP contribution in [-0.2, 0) is 9.59 Å². The number of nitrogens with one attached hydrogen (secondary N) is 1. The minimum Gasteiger partial charge on any atom is -0.481 e. The van der Waals surface area contributed by atoms with Crippen molar-refractivity contribution in [3.05, 3.63) is 0 Å². The lowest BCUT2D eigenvalue weighted by molar-refractivity contribution is -0.150. The predicted molar refractivity (Wildman–Crippen MR) is 71.1 cm³/mol. The number of hydrogen-bond donors (Lipinski definition) is 2. The van der Waals surface area contributed by atoms with Gasteiger partial charge in [-0.3, -0.25) is 9.59 Å². The smallest absolute Gasteiger partial charge is 0.320 e. The van der Waals surface area contributed by atoms with Crippen molar-refractivity contribution < 1.29 is 19.5 Å². The first-order valence-electron chi connectivity index (χ1n) is 6.96. The van der Waals surface area contributed by atoms with Crippen LogP contribution in [-0.4, -0.2) is 65.5 Å². The second kappa shape index (κ2) is 5.68. The van der Waals surface area contributed by atoms with E-state index < -0.39 is 11.4 Å². The van der Waals surface area contributed by atoms with Crippen LogP contribution in [0.4, 0.5) is 4.79 Å². The fourth-order valence-electron chi connectivity index (χ4n) is 2.75. The van der Waals surface area contributed by atoms with E-state index in [-0.39, 0.29) is 25.0 Å². The molecule has 0 bridgehead atoms. The molecule has 7 heteroatoms.